The van der Waals surface area contributed by atoms with Crippen LogP contribution >= 0.6 is 24.0 Å². The van der Waals surface area contributed by atoms with Crippen LogP contribution in [-0.4, -0.2) is 4.98 Å². The standard InChI is InChI=1S/C7H10ClN3.ClH/c1-4-5(3-9)2-6(8)7(10)11-4;/h2H,3,9H2,1H3,(H2,10,11);1H. The molecule has 0 saturated carbocycles. The van der Waals surface area contributed by atoms with Gasteiger partial charge in [0.25, 0.3) is 0 Å². The van der Waals surface area contributed by atoms with Crippen molar-refractivity contribution in [2.75, 3.05) is 5.73 Å². The second-order valence-electron chi connectivity index (χ2n) is 2.30. The van der Waals surface area contributed by atoms with Gasteiger partial charge in [-0.25, -0.2) is 4.98 Å². The summed E-state index contributed by atoms with van der Waals surface area (Å²) < 4.78 is 0. The molecule has 1 aromatic rings. The number of aryl methyl sites for hydroxylation is 1. The lowest BCUT2D eigenvalue weighted by Gasteiger charge is -2.03. The van der Waals surface area contributed by atoms with Crippen molar-refractivity contribution >= 4 is 29.8 Å². The van der Waals surface area contributed by atoms with E-state index in [2.05, 4.69) is 4.98 Å². The Morgan fingerprint density at radius 2 is 2.17 bits per heavy atom. The summed E-state index contributed by atoms with van der Waals surface area (Å²) in [6, 6.07) is 1.75. The van der Waals surface area contributed by atoms with E-state index in [1.807, 2.05) is 6.92 Å². The van der Waals surface area contributed by atoms with Gasteiger partial charge in [0.05, 0.1) is 5.02 Å². The Labute approximate surface area is 82.5 Å². The summed E-state index contributed by atoms with van der Waals surface area (Å²) in [7, 11) is 0. The zero-order chi connectivity index (χ0) is 8.43. The van der Waals surface area contributed by atoms with E-state index in [0.717, 1.165) is 11.3 Å². The number of hydrogen-bond acceptors (Lipinski definition) is 3. The van der Waals surface area contributed by atoms with E-state index < -0.39 is 0 Å². The number of nitrogens with two attached hydrogens (primary N) is 2. The Bertz CT molecular complexity index is 276. The number of rotatable bonds is 1. The molecular formula is C7H11Cl2N3. The van der Waals surface area contributed by atoms with Crippen LogP contribution in [0.3, 0.4) is 0 Å². The number of anilines is 1. The van der Waals surface area contributed by atoms with Crippen molar-refractivity contribution in [3.05, 3.63) is 22.3 Å². The molecule has 1 rings (SSSR count). The molecule has 0 radical (unpaired) electrons. The molecule has 5 heteroatoms. The molecule has 0 fully saturated rings. The highest BCUT2D eigenvalue weighted by atomic mass is 35.5. The third-order valence-corrected chi connectivity index (χ3v) is 1.82. The molecule has 1 aromatic heterocycles. The Kier molecular flexibility index (Phi) is 4.31. The quantitative estimate of drug-likeness (QED) is 0.735. The van der Waals surface area contributed by atoms with Gasteiger partial charge in [0, 0.05) is 12.2 Å². The second kappa shape index (κ2) is 4.50. The molecular weight excluding hydrogens is 197 g/mol. The third-order valence-electron chi connectivity index (χ3n) is 1.52. The van der Waals surface area contributed by atoms with Gasteiger partial charge in [-0.3, -0.25) is 0 Å². The Morgan fingerprint density at radius 3 is 2.67 bits per heavy atom. The van der Waals surface area contributed by atoms with Crippen molar-refractivity contribution in [1.29, 1.82) is 0 Å². The summed E-state index contributed by atoms with van der Waals surface area (Å²) in [6.07, 6.45) is 0. The molecule has 12 heavy (non-hydrogen) atoms. The Morgan fingerprint density at radius 1 is 1.58 bits per heavy atom. The average molecular weight is 208 g/mol. The SMILES string of the molecule is Cc1nc(N)c(Cl)cc1CN.Cl. The summed E-state index contributed by atoms with van der Waals surface area (Å²) in [6.45, 7) is 2.30. The maximum atomic E-state index is 5.72. The Balaban J connectivity index is 0.00000121. The van der Waals surface area contributed by atoms with Crippen LogP contribution in [-0.2, 0) is 6.54 Å². The Hall–Kier alpha value is -0.510. The fourth-order valence-electron chi connectivity index (χ4n) is 0.844. The summed E-state index contributed by atoms with van der Waals surface area (Å²) in [5.74, 6) is 0.362. The van der Waals surface area contributed by atoms with Gasteiger partial charge < -0.3 is 11.5 Å². The van der Waals surface area contributed by atoms with Gasteiger partial charge in [-0.15, -0.1) is 12.4 Å². The lowest BCUT2D eigenvalue weighted by atomic mass is 10.2. The van der Waals surface area contributed by atoms with Crippen LogP contribution < -0.4 is 11.5 Å². The summed E-state index contributed by atoms with van der Waals surface area (Å²) in [5.41, 5.74) is 12.7. The van der Waals surface area contributed by atoms with E-state index in [1.165, 1.54) is 0 Å². The molecule has 0 atom stereocenters. The van der Waals surface area contributed by atoms with Crippen LogP contribution in [0.1, 0.15) is 11.3 Å². The topological polar surface area (TPSA) is 64.9 Å². The minimum atomic E-state index is 0. The van der Waals surface area contributed by atoms with Crippen LogP contribution in [0.2, 0.25) is 5.02 Å². The highest BCUT2D eigenvalue weighted by Gasteiger charge is 2.02. The molecule has 0 amide bonds. The molecule has 0 saturated heterocycles. The van der Waals surface area contributed by atoms with E-state index in [1.54, 1.807) is 6.07 Å². The molecule has 0 aromatic carbocycles. The smallest absolute Gasteiger partial charge is 0.142 e. The monoisotopic (exact) mass is 207 g/mol. The van der Waals surface area contributed by atoms with Gasteiger partial charge in [-0.05, 0) is 18.6 Å². The zero-order valence-corrected chi connectivity index (χ0v) is 8.25. The molecule has 0 aliphatic heterocycles. The first-order valence-electron chi connectivity index (χ1n) is 3.26. The summed E-state index contributed by atoms with van der Waals surface area (Å²) in [4.78, 5) is 4.01. The average Bonchev–Trinajstić information content (AvgIpc) is 1.97. The number of aromatic nitrogens is 1. The van der Waals surface area contributed by atoms with Gasteiger partial charge >= 0.3 is 0 Å². The van der Waals surface area contributed by atoms with E-state index >= 15 is 0 Å². The summed E-state index contributed by atoms with van der Waals surface area (Å²) >= 11 is 5.72. The molecule has 1 heterocycles. The molecule has 0 spiro atoms. The van der Waals surface area contributed by atoms with Crippen LogP contribution in [0.4, 0.5) is 5.82 Å². The zero-order valence-electron chi connectivity index (χ0n) is 6.67. The number of hydrogen-bond donors (Lipinski definition) is 2. The maximum absolute atomic E-state index is 5.72. The normalized spacial score (nSPS) is 9.25. The third kappa shape index (κ3) is 2.24. The van der Waals surface area contributed by atoms with Gasteiger partial charge in [0.2, 0.25) is 0 Å². The number of halogens is 2. The van der Waals surface area contributed by atoms with Crippen molar-refractivity contribution < 1.29 is 0 Å². The molecule has 0 unspecified atom stereocenters. The van der Waals surface area contributed by atoms with Crippen molar-refractivity contribution in [2.24, 2.45) is 5.73 Å². The maximum Gasteiger partial charge on any atom is 0.142 e. The molecule has 68 valence electrons. The van der Waals surface area contributed by atoms with Crippen LogP contribution in [0.15, 0.2) is 6.07 Å². The van der Waals surface area contributed by atoms with Crippen LogP contribution in [0.25, 0.3) is 0 Å². The van der Waals surface area contributed by atoms with Gasteiger partial charge in [0.1, 0.15) is 5.82 Å². The highest BCUT2D eigenvalue weighted by molar-refractivity contribution is 6.32. The van der Waals surface area contributed by atoms with Crippen molar-refractivity contribution in [2.45, 2.75) is 13.5 Å². The predicted molar refractivity (Wildman–Crippen MR) is 53.5 cm³/mol. The fourth-order valence-corrected chi connectivity index (χ4v) is 1.02. The number of pyridine rings is 1. The van der Waals surface area contributed by atoms with Gasteiger partial charge in [-0.2, -0.15) is 0 Å². The van der Waals surface area contributed by atoms with E-state index in [9.17, 15) is 0 Å². The minimum Gasteiger partial charge on any atom is -0.382 e. The molecule has 3 nitrogen and oxygen atoms in total. The van der Waals surface area contributed by atoms with Gasteiger partial charge in [-0.1, -0.05) is 11.6 Å². The second-order valence-corrected chi connectivity index (χ2v) is 2.71. The molecule has 4 N–H and O–H groups in total. The van der Waals surface area contributed by atoms with Crippen molar-refractivity contribution in [3.63, 3.8) is 0 Å². The molecule has 0 aliphatic carbocycles. The number of nitrogen functional groups attached to an aromatic ring is 1. The van der Waals surface area contributed by atoms with Crippen LogP contribution in [0, 0.1) is 6.92 Å². The largest absolute Gasteiger partial charge is 0.382 e. The van der Waals surface area contributed by atoms with Crippen LogP contribution in [0.5, 0.6) is 0 Å². The lowest BCUT2D eigenvalue weighted by Crippen LogP contribution is -2.03. The van der Waals surface area contributed by atoms with Gasteiger partial charge in [0.15, 0.2) is 0 Å². The van der Waals surface area contributed by atoms with E-state index in [4.69, 9.17) is 23.1 Å². The lowest BCUT2D eigenvalue weighted by molar-refractivity contribution is 1.01. The minimum absolute atomic E-state index is 0. The number of nitrogens with zero attached hydrogens (tertiary/aromatic N) is 1. The fraction of sp³-hybridized carbons (Fsp3) is 0.286. The highest BCUT2D eigenvalue weighted by Crippen LogP contribution is 2.18. The molecule has 0 aliphatic rings. The van der Waals surface area contributed by atoms with Crippen molar-refractivity contribution in [1.82, 2.24) is 4.98 Å². The summed E-state index contributed by atoms with van der Waals surface area (Å²) in [5, 5.41) is 0.469. The predicted octanol–water partition coefficient (Wildman–Crippen LogP) is 1.51. The first kappa shape index (κ1) is 11.5. The first-order valence-corrected chi connectivity index (χ1v) is 3.64. The van der Waals surface area contributed by atoms with E-state index in [-0.39, 0.29) is 12.4 Å². The first-order chi connectivity index (χ1) is 5.15. The van der Waals surface area contributed by atoms with Crippen molar-refractivity contribution in [3.8, 4) is 0 Å². The van der Waals surface area contributed by atoms with E-state index in [0.29, 0.717) is 17.4 Å². The molecule has 0 bridgehead atoms.